The molecule has 1 saturated heterocycles. The lowest BCUT2D eigenvalue weighted by Gasteiger charge is -2.30. The fraction of sp³-hybridized carbons (Fsp3) is 0.424. The fourth-order valence-electron chi connectivity index (χ4n) is 5.59. The topological polar surface area (TPSA) is 205 Å². The van der Waals surface area contributed by atoms with Crippen LogP contribution in [0.15, 0.2) is 67.0 Å². The first-order valence-electron chi connectivity index (χ1n) is 16.0. The van der Waals surface area contributed by atoms with Gasteiger partial charge >= 0.3 is 19.6 Å². The summed E-state index contributed by atoms with van der Waals surface area (Å²) in [6.45, 7) is 5.79. The third kappa shape index (κ3) is 7.87. The third-order valence-electron chi connectivity index (χ3n) is 8.03. The van der Waals surface area contributed by atoms with Gasteiger partial charge in [0, 0.05) is 0 Å². The molecular formula is C33H41N6O10P. The summed E-state index contributed by atoms with van der Waals surface area (Å²) >= 11 is 0. The molecule has 3 heterocycles. The molecule has 17 heteroatoms. The number of rotatable bonds is 15. The molecule has 2 aromatic carbocycles. The average Bonchev–Trinajstić information content (AvgIpc) is 3.62. The van der Waals surface area contributed by atoms with Crippen LogP contribution in [0.4, 0.5) is 0 Å². The number of carbonyl (C=O) groups is 2. The van der Waals surface area contributed by atoms with E-state index >= 15 is 0 Å². The smallest absolute Gasteiger partial charge is 0.342 e. The normalized spacial score (nSPS) is 21.9. The van der Waals surface area contributed by atoms with Crippen LogP contribution in [0.1, 0.15) is 56.0 Å². The fourth-order valence-corrected chi connectivity index (χ4v) is 7.35. The third-order valence-corrected chi connectivity index (χ3v) is 9.74. The molecule has 0 bridgehead atoms. The molecule has 1 aliphatic heterocycles. The monoisotopic (exact) mass is 712 g/mol. The van der Waals surface area contributed by atoms with Gasteiger partial charge in [-0.2, -0.15) is 4.98 Å². The molecule has 5 rings (SSSR count). The molecule has 6 atom stereocenters. The predicted molar refractivity (Wildman–Crippen MR) is 179 cm³/mol. The Morgan fingerprint density at radius 3 is 2.02 bits per heavy atom. The summed E-state index contributed by atoms with van der Waals surface area (Å²) < 4.78 is 44.4. The van der Waals surface area contributed by atoms with Crippen LogP contribution in [-0.2, 0) is 32.9 Å². The second-order valence-electron chi connectivity index (χ2n) is 11.6. The van der Waals surface area contributed by atoms with Crippen molar-refractivity contribution in [1.82, 2.24) is 29.7 Å². The SMILES string of the molecule is CCOC(=O)[C@@H](NP(=O)(N[C@H](C(=O)OCC)c1ccccc1)OC[C@H]1O[C@@H](n2cnc3c(OC)nc(C)nc32)[C@@](C)(O)C1O)c1ccccc1. The van der Waals surface area contributed by atoms with E-state index in [1.165, 1.54) is 24.9 Å². The molecule has 1 fully saturated rings. The van der Waals surface area contributed by atoms with Crippen molar-refractivity contribution in [3.05, 3.63) is 83.9 Å². The zero-order chi connectivity index (χ0) is 36.1. The summed E-state index contributed by atoms with van der Waals surface area (Å²) in [5.74, 6) is -0.920. The maximum Gasteiger partial charge on any atom is 0.342 e. The van der Waals surface area contributed by atoms with Gasteiger partial charge in [0.25, 0.3) is 0 Å². The van der Waals surface area contributed by atoms with E-state index in [9.17, 15) is 24.4 Å². The number of ether oxygens (including phenoxy) is 4. The van der Waals surface area contributed by atoms with Crippen LogP contribution in [0, 0.1) is 6.92 Å². The van der Waals surface area contributed by atoms with Crippen molar-refractivity contribution in [3.8, 4) is 5.88 Å². The number of imidazole rings is 1. The minimum Gasteiger partial charge on any atom is -0.479 e. The molecule has 0 aliphatic carbocycles. The predicted octanol–water partition coefficient (Wildman–Crippen LogP) is 3.07. The second kappa shape index (κ2) is 15.7. The number of aryl methyl sites for hydroxylation is 1. The quantitative estimate of drug-likeness (QED) is 0.103. The van der Waals surface area contributed by atoms with Gasteiger partial charge in [-0.05, 0) is 38.8 Å². The summed E-state index contributed by atoms with van der Waals surface area (Å²) in [6, 6.07) is 14.2. The Balaban J connectivity index is 1.49. The van der Waals surface area contributed by atoms with Gasteiger partial charge in [-0.1, -0.05) is 60.7 Å². The van der Waals surface area contributed by atoms with Crippen LogP contribution in [0.2, 0.25) is 0 Å². The van der Waals surface area contributed by atoms with E-state index in [0.29, 0.717) is 22.5 Å². The highest BCUT2D eigenvalue weighted by Gasteiger charge is 2.54. The zero-order valence-electron chi connectivity index (χ0n) is 28.3. The lowest BCUT2D eigenvalue weighted by atomic mass is 9.96. The molecule has 2 aromatic heterocycles. The number of aliphatic hydroxyl groups is 2. The highest BCUT2D eigenvalue weighted by atomic mass is 31.2. The minimum atomic E-state index is -4.51. The number of methoxy groups -OCH3 is 1. The van der Waals surface area contributed by atoms with Crippen molar-refractivity contribution in [3.63, 3.8) is 0 Å². The van der Waals surface area contributed by atoms with Gasteiger partial charge in [0.15, 0.2) is 17.4 Å². The molecule has 1 unspecified atom stereocenters. The lowest BCUT2D eigenvalue weighted by Crippen LogP contribution is -2.44. The van der Waals surface area contributed by atoms with Crippen molar-refractivity contribution in [2.45, 2.75) is 63.8 Å². The minimum absolute atomic E-state index is 0.0374. The van der Waals surface area contributed by atoms with E-state index in [2.05, 4.69) is 25.1 Å². The molecular weight excluding hydrogens is 671 g/mol. The summed E-state index contributed by atoms with van der Waals surface area (Å²) in [5, 5.41) is 28.4. The molecule has 0 radical (unpaired) electrons. The number of benzene rings is 2. The van der Waals surface area contributed by atoms with Crippen LogP contribution in [0.25, 0.3) is 11.2 Å². The van der Waals surface area contributed by atoms with E-state index in [-0.39, 0.29) is 24.7 Å². The number of aromatic nitrogens is 4. The van der Waals surface area contributed by atoms with Crippen molar-refractivity contribution in [2.75, 3.05) is 26.9 Å². The zero-order valence-corrected chi connectivity index (χ0v) is 29.1. The van der Waals surface area contributed by atoms with E-state index in [1.54, 1.807) is 81.4 Å². The van der Waals surface area contributed by atoms with Crippen LogP contribution in [0.5, 0.6) is 5.88 Å². The number of fused-ring (bicyclic) bond motifs is 1. The summed E-state index contributed by atoms with van der Waals surface area (Å²) in [4.78, 5) is 39.5. The molecule has 50 heavy (non-hydrogen) atoms. The molecule has 16 nitrogen and oxygen atoms in total. The van der Waals surface area contributed by atoms with Crippen molar-refractivity contribution in [2.24, 2.45) is 0 Å². The van der Waals surface area contributed by atoms with E-state index < -0.39 is 62.3 Å². The van der Waals surface area contributed by atoms with Gasteiger partial charge in [0.2, 0.25) is 5.88 Å². The molecule has 1 aliphatic rings. The summed E-state index contributed by atoms with van der Waals surface area (Å²) in [5.41, 5.74) is -0.523. The van der Waals surface area contributed by atoms with Gasteiger partial charge in [0.05, 0.1) is 33.3 Å². The highest BCUT2D eigenvalue weighted by molar-refractivity contribution is 7.54. The lowest BCUT2D eigenvalue weighted by molar-refractivity contribution is -0.145. The standard InChI is InChI=1S/C33H41N6O10P/c1-6-46-30(41)24(21-14-10-8-11-15-21)37-50(44,38-25(31(42)47-7-2)22-16-12-9-13-17-22)48-18-23-27(40)33(4,43)32(49-23)39-19-34-26-28(39)35-20(3)36-29(26)45-5/h8-17,19,23-25,27,32,40,43H,6-7,18H2,1-5H3,(H2,37,38,44)/t23-,24+,25+,27?,32-,33+/m1/s1. The molecule has 0 amide bonds. The van der Waals surface area contributed by atoms with Crippen molar-refractivity contribution < 1.29 is 47.8 Å². The van der Waals surface area contributed by atoms with Crippen LogP contribution >= 0.6 is 7.67 Å². The van der Waals surface area contributed by atoms with Gasteiger partial charge < -0.3 is 33.7 Å². The number of hydrogen-bond acceptors (Lipinski definition) is 13. The van der Waals surface area contributed by atoms with Crippen molar-refractivity contribution >= 4 is 30.8 Å². The number of aliphatic hydroxyl groups excluding tert-OH is 1. The Hall–Kier alpha value is -4.28. The van der Waals surface area contributed by atoms with Gasteiger partial charge in [-0.25, -0.2) is 29.7 Å². The number of carbonyl (C=O) groups excluding carboxylic acids is 2. The van der Waals surface area contributed by atoms with Crippen LogP contribution in [0.3, 0.4) is 0 Å². The molecule has 268 valence electrons. The second-order valence-corrected chi connectivity index (χ2v) is 13.5. The van der Waals surface area contributed by atoms with Crippen molar-refractivity contribution in [1.29, 1.82) is 0 Å². The highest BCUT2D eigenvalue weighted by Crippen LogP contribution is 2.47. The van der Waals surface area contributed by atoms with E-state index in [0.717, 1.165) is 0 Å². The Morgan fingerprint density at radius 2 is 1.52 bits per heavy atom. The van der Waals surface area contributed by atoms with E-state index in [4.69, 9.17) is 23.5 Å². The molecule has 0 saturated carbocycles. The number of nitrogens with zero attached hydrogens (tertiary/aromatic N) is 4. The van der Waals surface area contributed by atoms with Crippen LogP contribution in [-0.4, -0.2) is 86.4 Å². The Bertz CT molecular complexity index is 1760. The molecule has 4 aromatic rings. The average molecular weight is 713 g/mol. The maximum absolute atomic E-state index is 14.9. The Kier molecular flexibility index (Phi) is 11.6. The van der Waals surface area contributed by atoms with E-state index in [1.807, 2.05) is 0 Å². The first kappa shape index (κ1) is 37.0. The van der Waals surface area contributed by atoms with Gasteiger partial charge in [-0.3, -0.25) is 9.13 Å². The summed E-state index contributed by atoms with van der Waals surface area (Å²) in [6.07, 6.45) is -2.71. The summed E-state index contributed by atoms with van der Waals surface area (Å²) in [7, 11) is -3.07. The Labute approximate surface area is 288 Å². The Morgan fingerprint density at radius 1 is 0.980 bits per heavy atom. The largest absolute Gasteiger partial charge is 0.479 e. The number of esters is 2. The first-order chi connectivity index (χ1) is 23.9. The van der Waals surface area contributed by atoms with Crippen LogP contribution < -0.4 is 14.9 Å². The van der Waals surface area contributed by atoms with Gasteiger partial charge in [0.1, 0.15) is 35.7 Å². The number of hydrogen-bond donors (Lipinski definition) is 4. The maximum atomic E-state index is 14.9. The van der Waals surface area contributed by atoms with Gasteiger partial charge in [-0.15, -0.1) is 0 Å². The molecule has 4 N–H and O–H groups in total. The first-order valence-corrected chi connectivity index (χ1v) is 17.6. The molecule has 0 spiro atoms. The number of nitrogens with one attached hydrogen (secondary N) is 2.